The summed E-state index contributed by atoms with van der Waals surface area (Å²) in [4.78, 5) is 12.2. The lowest BCUT2D eigenvalue weighted by molar-refractivity contribution is -0.0755. The summed E-state index contributed by atoms with van der Waals surface area (Å²) in [5.74, 6) is 0.186. The fraction of sp³-hybridized carbons (Fsp3) is 0.308. The van der Waals surface area contributed by atoms with Crippen molar-refractivity contribution in [1.82, 2.24) is 0 Å². The van der Waals surface area contributed by atoms with Gasteiger partial charge in [-0.05, 0) is 18.2 Å². The largest absolute Gasteiger partial charge is 0.495 e. The molecular formula is C13H11Cl3O4. The van der Waals surface area contributed by atoms with E-state index in [1.807, 2.05) is 0 Å². The van der Waals surface area contributed by atoms with Gasteiger partial charge in [0.2, 0.25) is 0 Å². The first-order valence-corrected chi connectivity index (χ1v) is 6.82. The van der Waals surface area contributed by atoms with Crippen LogP contribution in [0.4, 0.5) is 0 Å². The Labute approximate surface area is 130 Å². The molecule has 0 amide bonds. The number of benzene rings is 1. The molecular weight excluding hydrogens is 326 g/mol. The van der Waals surface area contributed by atoms with Crippen molar-refractivity contribution in [3.63, 3.8) is 0 Å². The molecule has 0 spiro atoms. The van der Waals surface area contributed by atoms with Crippen LogP contribution < -0.4 is 4.74 Å². The first kappa shape index (κ1) is 15.6. The molecule has 0 radical (unpaired) electrons. The van der Waals surface area contributed by atoms with Crippen molar-refractivity contribution in [2.24, 2.45) is 0 Å². The molecule has 20 heavy (non-hydrogen) atoms. The number of aliphatic hydroxyl groups is 1. The van der Waals surface area contributed by atoms with E-state index in [-0.39, 0.29) is 22.3 Å². The van der Waals surface area contributed by atoms with Crippen LogP contribution in [0.15, 0.2) is 28.3 Å². The molecule has 0 fully saturated rings. The Hall–Kier alpha value is -0.780. The van der Waals surface area contributed by atoms with Crippen molar-refractivity contribution in [1.29, 1.82) is 0 Å². The molecule has 1 aromatic rings. The van der Waals surface area contributed by atoms with Gasteiger partial charge >= 0.3 is 0 Å². The van der Waals surface area contributed by atoms with E-state index < -0.39 is 12.4 Å². The Morgan fingerprint density at radius 1 is 1.35 bits per heavy atom. The number of hydrogen-bond donors (Lipinski definition) is 1. The first-order valence-electron chi connectivity index (χ1n) is 5.69. The van der Waals surface area contributed by atoms with Gasteiger partial charge in [-0.2, -0.15) is 0 Å². The molecule has 1 heterocycles. The summed E-state index contributed by atoms with van der Waals surface area (Å²) in [6.07, 6.45) is -2.05. The molecule has 1 aromatic carbocycles. The lowest BCUT2D eigenvalue weighted by Crippen LogP contribution is -2.17. The number of aliphatic hydroxyl groups excluding tert-OH is 1. The molecule has 0 aliphatic carbocycles. The minimum absolute atomic E-state index is 0.0122. The Bertz CT molecular complexity index is 571. The maximum atomic E-state index is 12.2. The van der Waals surface area contributed by atoms with E-state index >= 15 is 0 Å². The molecule has 2 rings (SSSR count). The van der Waals surface area contributed by atoms with Gasteiger partial charge in [0.25, 0.3) is 0 Å². The van der Waals surface area contributed by atoms with Crippen molar-refractivity contribution < 1.29 is 19.4 Å². The van der Waals surface area contributed by atoms with E-state index in [4.69, 9.17) is 44.3 Å². The first-order chi connectivity index (χ1) is 9.43. The van der Waals surface area contributed by atoms with Gasteiger partial charge in [0.1, 0.15) is 11.9 Å². The predicted molar refractivity (Wildman–Crippen MR) is 76.6 cm³/mol. The van der Waals surface area contributed by atoms with Crippen LogP contribution in [-0.4, -0.2) is 30.4 Å². The Balaban J connectivity index is 2.14. The summed E-state index contributed by atoms with van der Waals surface area (Å²) in [6.45, 7) is 0. The average Bonchev–Trinajstić information content (AvgIpc) is 2.66. The van der Waals surface area contributed by atoms with Crippen LogP contribution in [0, 0.1) is 0 Å². The average molecular weight is 338 g/mol. The fourth-order valence-corrected chi connectivity index (χ4v) is 2.39. The number of halogens is 3. The van der Waals surface area contributed by atoms with Crippen molar-refractivity contribution in [2.75, 3.05) is 7.11 Å². The van der Waals surface area contributed by atoms with Crippen LogP contribution in [0.1, 0.15) is 16.8 Å². The molecule has 1 N–H and O–H groups in total. The van der Waals surface area contributed by atoms with E-state index in [2.05, 4.69) is 0 Å². The smallest absolute Gasteiger partial charge is 0.193 e. The highest BCUT2D eigenvalue weighted by atomic mass is 35.5. The number of hydrogen-bond acceptors (Lipinski definition) is 4. The topological polar surface area (TPSA) is 55.8 Å². The van der Waals surface area contributed by atoms with Crippen molar-refractivity contribution in [2.45, 2.75) is 18.8 Å². The monoisotopic (exact) mass is 336 g/mol. The third kappa shape index (κ3) is 3.10. The molecule has 0 saturated heterocycles. The second kappa shape index (κ2) is 6.33. The number of Topliss-reactive ketones (excluding diaryl/α,β-unsaturated/α-hetero) is 1. The summed E-state index contributed by atoms with van der Waals surface area (Å²) in [7, 11) is 1.46. The molecule has 4 nitrogen and oxygen atoms in total. The Morgan fingerprint density at radius 2 is 2.05 bits per heavy atom. The minimum Gasteiger partial charge on any atom is -0.495 e. The van der Waals surface area contributed by atoms with Crippen LogP contribution in [0.3, 0.4) is 0 Å². The molecule has 7 heteroatoms. The van der Waals surface area contributed by atoms with Gasteiger partial charge in [-0.25, -0.2) is 0 Å². The van der Waals surface area contributed by atoms with Crippen molar-refractivity contribution >= 4 is 40.6 Å². The summed E-state index contributed by atoms with van der Waals surface area (Å²) in [5, 5.41) is 9.97. The zero-order valence-electron chi connectivity index (χ0n) is 10.4. The number of rotatable bonds is 4. The third-order valence-corrected chi connectivity index (χ3v) is 4.11. The van der Waals surface area contributed by atoms with Crippen LogP contribution in [0.2, 0.25) is 5.02 Å². The van der Waals surface area contributed by atoms with E-state index in [9.17, 15) is 9.90 Å². The molecule has 2 atom stereocenters. The second-order valence-electron chi connectivity index (χ2n) is 4.15. The summed E-state index contributed by atoms with van der Waals surface area (Å²) in [6, 6.07) is 4.69. The second-order valence-corrected chi connectivity index (χ2v) is 5.37. The normalized spacial score (nSPS) is 22.2. The minimum atomic E-state index is -1.28. The lowest BCUT2D eigenvalue weighted by atomic mass is 10.0. The summed E-state index contributed by atoms with van der Waals surface area (Å²) >= 11 is 17.5. The van der Waals surface area contributed by atoms with Gasteiger partial charge < -0.3 is 14.6 Å². The molecule has 108 valence electrons. The molecule has 0 saturated carbocycles. The Kier molecular flexibility index (Phi) is 4.94. The standard InChI is InChI=1S/C13H11Cl3O4/c1-19-9-4-6(2-3-7(9)14)8(17)5-10-11(15)12(16)13(18)20-10/h2-4,10,13,18H,5H2,1H3. The van der Waals surface area contributed by atoms with Crippen molar-refractivity contribution in [3.8, 4) is 5.75 Å². The van der Waals surface area contributed by atoms with E-state index in [1.54, 1.807) is 12.1 Å². The van der Waals surface area contributed by atoms with Crippen LogP contribution >= 0.6 is 34.8 Å². The lowest BCUT2D eigenvalue weighted by Gasteiger charge is -2.11. The van der Waals surface area contributed by atoms with E-state index in [0.717, 1.165) is 0 Å². The maximum absolute atomic E-state index is 12.2. The van der Waals surface area contributed by atoms with Crippen LogP contribution in [-0.2, 0) is 4.74 Å². The van der Waals surface area contributed by atoms with Crippen LogP contribution in [0.25, 0.3) is 0 Å². The quantitative estimate of drug-likeness (QED) is 0.856. The van der Waals surface area contributed by atoms with Gasteiger partial charge in [-0.3, -0.25) is 4.79 Å². The van der Waals surface area contributed by atoms with Gasteiger partial charge in [-0.15, -0.1) is 0 Å². The zero-order chi connectivity index (χ0) is 14.9. The van der Waals surface area contributed by atoms with Gasteiger partial charge in [0, 0.05) is 12.0 Å². The molecule has 0 aromatic heterocycles. The predicted octanol–water partition coefficient (Wildman–Crippen LogP) is 3.33. The SMILES string of the molecule is COc1cc(C(=O)CC2OC(O)C(Cl)=C2Cl)ccc1Cl. The molecule has 1 aliphatic heterocycles. The highest BCUT2D eigenvalue weighted by Crippen LogP contribution is 2.34. The molecule has 0 bridgehead atoms. The zero-order valence-corrected chi connectivity index (χ0v) is 12.7. The molecule has 1 aliphatic rings. The van der Waals surface area contributed by atoms with E-state index in [0.29, 0.717) is 16.3 Å². The van der Waals surface area contributed by atoms with Crippen molar-refractivity contribution in [3.05, 3.63) is 38.8 Å². The Morgan fingerprint density at radius 3 is 2.60 bits per heavy atom. The number of carbonyl (C=O) groups is 1. The van der Waals surface area contributed by atoms with Gasteiger partial charge in [-0.1, -0.05) is 34.8 Å². The van der Waals surface area contributed by atoms with Gasteiger partial charge in [0.15, 0.2) is 12.1 Å². The number of carbonyl (C=O) groups excluding carboxylic acids is 1. The van der Waals surface area contributed by atoms with Gasteiger partial charge in [0.05, 0.1) is 22.2 Å². The number of ether oxygens (including phenoxy) is 2. The summed E-state index contributed by atoms with van der Waals surface area (Å²) in [5.41, 5.74) is 0.414. The third-order valence-electron chi connectivity index (χ3n) is 2.86. The summed E-state index contributed by atoms with van der Waals surface area (Å²) < 4.78 is 10.1. The highest BCUT2D eigenvalue weighted by Gasteiger charge is 2.33. The fourth-order valence-electron chi connectivity index (χ4n) is 1.80. The number of ketones is 1. The molecule has 2 unspecified atom stereocenters. The number of methoxy groups -OCH3 is 1. The van der Waals surface area contributed by atoms with E-state index in [1.165, 1.54) is 13.2 Å². The highest BCUT2D eigenvalue weighted by molar-refractivity contribution is 6.40. The maximum Gasteiger partial charge on any atom is 0.193 e. The van der Waals surface area contributed by atoms with Crippen LogP contribution in [0.5, 0.6) is 5.75 Å².